The topological polar surface area (TPSA) is 118 Å². The van der Waals surface area contributed by atoms with Crippen LogP contribution in [0.1, 0.15) is 0 Å². The van der Waals surface area contributed by atoms with Crippen LogP contribution >= 0.6 is 0 Å². The Kier molecular flexibility index (Phi) is 4.95. The van der Waals surface area contributed by atoms with Gasteiger partial charge in [-0.25, -0.2) is 19.2 Å². The lowest BCUT2D eigenvalue weighted by Crippen LogP contribution is -2.33. The molecule has 0 aliphatic carbocycles. The van der Waals surface area contributed by atoms with Gasteiger partial charge in [0.2, 0.25) is 5.95 Å². The number of halogens is 1. The van der Waals surface area contributed by atoms with Crippen molar-refractivity contribution in [3.63, 3.8) is 0 Å². The van der Waals surface area contributed by atoms with Crippen LogP contribution in [0.2, 0.25) is 0 Å². The van der Waals surface area contributed by atoms with Gasteiger partial charge in [0, 0.05) is 30.4 Å². The smallest absolute Gasteiger partial charge is 0.320 e. The number of hydrogen-bond donors (Lipinski definition) is 4. The van der Waals surface area contributed by atoms with Crippen molar-refractivity contribution < 1.29 is 9.18 Å². The Hall–Kier alpha value is -3.33. The molecule has 2 heterocycles. The average Bonchev–Trinajstić information content (AvgIpc) is 2.61. The molecule has 0 fully saturated rings. The number of aromatic nitrogens is 3. The molecule has 0 unspecified atom stereocenters. The zero-order valence-electron chi connectivity index (χ0n) is 13.2. The summed E-state index contributed by atoms with van der Waals surface area (Å²) in [6.45, 7) is 0.720. The van der Waals surface area contributed by atoms with E-state index in [9.17, 15) is 9.18 Å². The molecule has 0 radical (unpaired) electrons. The van der Waals surface area contributed by atoms with Gasteiger partial charge in [0.1, 0.15) is 11.6 Å². The average molecular weight is 341 g/mol. The SMILES string of the molecule is NCCNC(=O)Nc1ccc2cnc(Nc3ccc(F)cc3)nc2n1. The maximum atomic E-state index is 12.9. The third-order valence-corrected chi connectivity index (χ3v) is 3.21. The summed E-state index contributed by atoms with van der Waals surface area (Å²) in [6.07, 6.45) is 1.61. The van der Waals surface area contributed by atoms with Gasteiger partial charge in [-0.05, 0) is 36.4 Å². The number of urea groups is 1. The first-order valence-corrected chi connectivity index (χ1v) is 7.55. The number of carbonyl (C=O) groups is 1. The van der Waals surface area contributed by atoms with Crippen LogP contribution in [-0.2, 0) is 0 Å². The summed E-state index contributed by atoms with van der Waals surface area (Å²) in [4.78, 5) is 24.4. The van der Waals surface area contributed by atoms with Crippen LogP contribution < -0.4 is 21.7 Å². The van der Waals surface area contributed by atoms with Gasteiger partial charge in [0.25, 0.3) is 0 Å². The van der Waals surface area contributed by atoms with Crippen molar-refractivity contribution in [2.75, 3.05) is 23.7 Å². The van der Waals surface area contributed by atoms with Crippen molar-refractivity contribution in [3.05, 3.63) is 48.4 Å². The Balaban J connectivity index is 1.78. The summed E-state index contributed by atoms with van der Waals surface area (Å²) >= 11 is 0. The van der Waals surface area contributed by atoms with Crippen molar-refractivity contribution in [3.8, 4) is 0 Å². The van der Waals surface area contributed by atoms with Gasteiger partial charge in [0.05, 0.1) is 0 Å². The maximum absolute atomic E-state index is 12.9. The highest BCUT2D eigenvalue weighted by Crippen LogP contribution is 2.17. The fourth-order valence-electron chi connectivity index (χ4n) is 2.05. The second kappa shape index (κ2) is 7.49. The molecule has 0 saturated carbocycles. The van der Waals surface area contributed by atoms with Crippen molar-refractivity contribution in [1.82, 2.24) is 20.3 Å². The van der Waals surface area contributed by atoms with E-state index in [1.165, 1.54) is 12.1 Å². The molecular formula is C16H16FN7O. The Morgan fingerprint density at radius 3 is 2.68 bits per heavy atom. The van der Waals surface area contributed by atoms with E-state index in [1.807, 2.05) is 0 Å². The number of amides is 2. The molecule has 0 spiro atoms. The highest BCUT2D eigenvalue weighted by Gasteiger charge is 2.06. The molecule has 3 rings (SSSR count). The molecule has 25 heavy (non-hydrogen) atoms. The van der Waals surface area contributed by atoms with E-state index in [2.05, 4.69) is 30.9 Å². The number of anilines is 3. The summed E-state index contributed by atoms with van der Waals surface area (Å²) in [5, 5.41) is 8.88. The third-order valence-electron chi connectivity index (χ3n) is 3.21. The fraction of sp³-hybridized carbons (Fsp3) is 0.125. The summed E-state index contributed by atoms with van der Waals surface area (Å²) in [7, 11) is 0. The third kappa shape index (κ3) is 4.36. The maximum Gasteiger partial charge on any atom is 0.320 e. The Morgan fingerprint density at radius 1 is 1.12 bits per heavy atom. The van der Waals surface area contributed by atoms with Crippen molar-refractivity contribution in [2.45, 2.75) is 0 Å². The normalized spacial score (nSPS) is 10.5. The highest BCUT2D eigenvalue weighted by atomic mass is 19.1. The number of nitrogens with two attached hydrogens (primary N) is 1. The number of nitrogens with zero attached hydrogens (tertiary/aromatic N) is 3. The van der Waals surface area contributed by atoms with Gasteiger partial charge in [-0.15, -0.1) is 0 Å². The Morgan fingerprint density at radius 2 is 1.92 bits per heavy atom. The van der Waals surface area contributed by atoms with E-state index < -0.39 is 6.03 Å². The lowest BCUT2D eigenvalue weighted by atomic mass is 10.3. The number of benzene rings is 1. The number of rotatable bonds is 5. The number of hydrogen-bond acceptors (Lipinski definition) is 6. The van der Waals surface area contributed by atoms with Crippen LogP contribution in [0, 0.1) is 5.82 Å². The second-order valence-corrected chi connectivity index (χ2v) is 5.10. The van der Waals surface area contributed by atoms with Crippen LogP contribution in [0.4, 0.5) is 26.6 Å². The molecule has 0 aliphatic rings. The van der Waals surface area contributed by atoms with E-state index in [0.29, 0.717) is 36.2 Å². The largest absolute Gasteiger partial charge is 0.337 e. The quantitative estimate of drug-likeness (QED) is 0.564. The molecule has 0 saturated heterocycles. The van der Waals surface area contributed by atoms with E-state index in [4.69, 9.17) is 5.73 Å². The molecule has 2 amide bonds. The standard InChI is InChI=1S/C16H16FN7O/c17-11-2-4-12(5-3-11)21-15-20-9-10-1-6-13(22-14(10)24-15)23-16(25)19-8-7-18/h1-6,9H,7-8,18H2,(H3,19,20,21,22,23,24,25). The van der Waals surface area contributed by atoms with Gasteiger partial charge in [-0.1, -0.05) is 0 Å². The lowest BCUT2D eigenvalue weighted by Gasteiger charge is -2.08. The number of carbonyl (C=O) groups excluding carboxylic acids is 1. The van der Waals surface area contributed by atoms with Crippen molar-refractivity contribution >= 4 is 34.5 Å². The van der Waals surface area contributed by atoms with Crippen molar-refractivity contribution in [2.24, 2.45) is 5.73 Å². The first-order valence-electron chi connectivity index (χ1n) is 7.55. The summed E-state index contributed by atoms with van der Waals surface area (Å²) in [6, 6.07) is 8.85. The van der Waals surface area contributed by atoms with Crippen LogP contribution in [0.3, 0.4) is 0 Å². The monoisotopic (exact) mass is 341 g/mol. The molecule has 0 aliphatic heterocycles. The minimum absolute atomic E-state index is 0.316. The molecule has 0 bridgehead atoms. The van der Waals surface area contributed by atoms with E-state index in [1.54, 1.807) is 30.5 Å². The van der Waals surface area contributed by atoms with Gasteiger partial charge in [-0.2, -0.15) is 4.98 Å². The first kappa shape index (κ1) is 16.5. The van der Waals surface area contributed by atoms with Gasteiger partial charge >= 0.3 is 6.03 Å². The summed E-state index contributed by atoms with van der Waals surface area (Å²) in [5.41, 5.74) is 6.39. The molecule has 0 atom stereocenters. The summed E-state index contributed by atoms with van der Waals surface area (Å²) < 4.78 is 12.9. The van der Waals surface area contributed by atoms with Gasteiger partial charge in [0.15, 0.2) is 5.65 Å². The van der Waals surface area contributed by atoms with Crippen LogP contribution in [0.25, 0.3) is 11.0 Å². The molecule has 3 aromatic rings. The molecular weight excluding hydrogens is 325 g/mol. The van der Waals surface area contributed by atoms with E-state index in [-0.39, 0.29) is 5.82 Å². The molecule has 2 aromatic heterocycles. The molecule has 8 nitrogen and oxygen atoms in total. The highest BCUT2D eigenvalue weighted by molar-refractivity contribution is 5.89. The predicted molar refractivity (Wildman–Crippen MR) is 93.1 cm³/mol. The summed E-state index contributed by atoms with van der Waals surface area (Å²) in [5.74, 6) is 0.347. The zero-order chi connectivity index (χ0) is 17.6. The Bertz CT molecular complexity index is 885. The number of pyridine rings is 1. The minimum Gasteiger partial charge on any atom is -0.337 e. The molecule has 128 valence electrons. The molecule has 9 heteroatoms. The Labute approximate surface area is 142 Å². The second-order valence-electron chi connectivity index (χ2n) is 5.10. The predicted octanol–water partition coefficient (Wildman–Crippen LogP) is 1.99. The van der Waals surface area contributed by atoms with Crippen LogP contribution in [-0.4, -0.2) is 34.1 Å². The van der Waals surface area contributed by atoms with E-state index in [0.717, 1.165) is 5.39 Å². The van der Waals surface area contributed by atoms with Gasteiger partial charge < -0.3 is 16.4 Å². The fourth-order valence-corrected chi connectivity index (χ4v) is 2.05. The zero-order valence-corrected chi connectivity index (χ0v) is 13.2. The van der Waals surface area contributed by atoms with Gasteiger partial charge in [-0.3, -0.25) is 5.32 Å². The lowest BCUT2D eigenvalue weighted by molar-refractivity contribution is 0.252. The van der Waals surface area contributed by atoms with Crippen LogP contribution in [0.15, 0.2) is 42.6 Å². The van der Waals surface area contributed by atoms with Crippen LogP contribution in [0.5, 0.6) is 0 Å². The van der Waals surface area contributed by atoms with E-state index >= 15 is 0 Å². The van der Waals surface area contributed by atoms with Crippen molar-refractivity contribution in [1.29, 1.82) is 0 Å². The molecule has 1 aromatic carbocycles. The molecule has 5 N–H and O–H groups in total. The first-order chi connectivity index (χ1) is 12.1. The number of nitrogens with one attached hydrogen (secondary N) is 3. The number of fused-ring (bicyclic) bond motifs is 1. The minimum atomic E-state index is -0.393.